The van der Waals surface area contributed by atoms with Gasteiger partial charge in [0, 0.05) is 27.3 Å². The summed E-state index contributed by atoms with van der Waals surface area (Å²) in [7, 11) is 5.62. The SMILES string of the molecule is CCC(CC)n1nc(C)cc1C(=O)N(C)c1cccnc1N(C)C. The number of amides is 1. The Hall–Kier alpha value is -2.37. The van der Waals surface area contributed by atoms with Crippen LogP contribution in [0.15, 0.2) is 24.4 Å². The summed E-state index contributed by atoms with van der Waals surface area (Å²) >= 11 is 0. The molecular weight excluding hydrogens is 302 g/mol. The van der Waals surface area contributed by atoms with Gasteiger partial charge in [0.25, 0.3) is 5.91 Å². The van der Waals surface area contributed by atoms with Crippen LogP contribution in [0.5, 0.6) is 0 Å². The van der Waals surface area contributed by atoms with Crippen LogP contribution in [-0.4, -0.2) is 41.8 Å². The number of nitrogens with zero attached hydrogens (tertiary/aromatic N) is 5. The molecule has 0 aliphatic rings. The van der Waals surface area contributed by atoms with E-state index in [1.807, 2.05) is 48.8 Å². The molecular formula is C18H27N5O. The zero-order valence-electron chi connectivity index (χ0n) is 15.4. The van der Waals surface area contributed by atoms with Gasteiger partial charge >= 0.3 is 0 Å². The minimum absolute atomic E-state index is 0.0707. The van der Waals surface area contributed by atoms with E-state index in [1.54, 1.807) is 18.1 Å². The van der Waals surface area contributed by atoms with Crippen molar-refractivity contribution in [2.75, 3.05) is 30.9 Å². The summed E-state index contributed by atoms with van der Waals surface area (Å²) in [5, 5.41) is 4.55. The van der Waals surface area contributed by atoms with Crippen molar-refractivity contribution in [3.63, 3.8) is 0 Å². The van der Waals surface area contributed by atoms with Gasteiger partial charge in [-0.15, -0.1) is 0 Å². The van der Waals surface area contributed by atoms with Gasteiger partial charge in [0.15, 0.2) is 5.82 Å². The first-order valence-corrected chi connectivity index (χ1v) is 8.37. The molecule has 24 heavy (non-hydrogen) atoms. The van der Waals surface area contributed by atoms with Crippen LogP contribution < -0.4 is 9.80 Å². The molecule has 2 heterocycles. The molecule has 0 unspecified atom stereocenters. The molecule has 0 aliphatic heterocycles. The fourth-order valence-electron chi connectivity index (χ4n) is 2.87. The summed E-state index contributed by atoms with van der Waals surface area (Å²) in [5.74, 6) is 0.692. The van der Waals surface area contributed by atoms with Crippen LogP contribution in [0.1, 0.15) is 48.9 Å². The van der Waals surface area contributed by atoms with Gasteiger partial charge in [-0.25, -0.2) is 4.98 Å². The summed E-state index contributed by atoms with van der Waals surface area (Å²) in [6, 6.07) is 5.84. The fraction of sp³-hybridized carbons (Fsp3) is 0.500. The van der Waals surface area contributed by atoms with Crippen molar-refractivity contribution < 1.29 is 4.79 Å². The summed E-state index contributed by atoms with van der Waals surface area (Å²) in [6.45, 7) is 6.16. The maximum absolute atomic E-state index is 13.1. The summed E-state index contributed by atoms with van der Waals surface area (Å²) in [6.07, 6.45) is 3.62. The van der Waals surface area contributed by atoms with Crippen molar-refractivity contribution in [2.45, 2.75) is 39.7 Å². The van der Waals surface area contributed by atoms with Gasteiger partial charge in [-0.1, -0.05) is 13.8 Å². The number of rotatable bonds is 6. The van der Waals surface area contributed by atoms with Crippen LogP contribution in [0.2, 0.25) is 0 Å². The standard InChI is InChI=1S/C18H27N5O/c1-7-14(8-2)23-16(12-13(3)20-23)18(24)22(6)15-10-9-11-19-17(15)21(4)5/h9-12,14H,7-8H2,1-6H3. The Morgan fingerprint density at radius 1 is 1.25 bits per heavy atom. The third-order valence-corrected chi connectivity index (χ3v) is 4.22. The molecule has 0 atom stereocenters. The molecule has 2 aromatic rings. The number of carbonyl (C=O) groups is 1. The number of aromatic nitrogens is 3. The van der Waals surface area contributed by atoms with E-state index in [2.05, 4.69) is 23.9 Å². The largest absolute Gasteiger partial charge is 0.361 e. The van der Waals surface area contributed by atoms with Gasteiger partial charge in [-0.2, -0.15) is 5.10 Å². The number of hydrogen-bond acceptors (Lipinski definition) is 4. The first kappa shape index (κ1) is 18.0. The Kier molecular flexibility index (Phi) is 5.59. The number of anilines is 2. The lowest BCUT2D eigenvalue weighted by atomic mass is 10.1. The molecule has 0 fully saturated rings. The van der Waals surface area contributed by atoms with Gasteiger partial charge in [-0.05, 0) is 38.0 Å². The first-order valence-electron chi connectivity index (χ1n) is 8.37. The van der Waals surface area contributed by atoms with Gasteiger partial charge in [-0.3, -0.25) is 9.48 Å². The van der Waals surface area contributed by atoms with Crippen LogP contribution in [0.4, 0.5) is 11.5 Å². The topological polar surface area (TPSA) is 54.3 Å². The van der Waals surface area contributed by atoms with Crippen LogP contribution in [-0.2, 0) is 0 Å². The lowest BCUT2D eigenvalue weighted by Gasteiger charge is -2.24. The highest BCUT2D eigenvalue weighted by Crippen LogP contribution is 2.27. The van der Waals surface area contributed by atoms with E-state index in [4.69, 9.17) is 0 Å². The van der Waals surface area contributed by atoms with Crippen molar-refractivity contribution in [3.8, 4) is 0 Å². The quantitative estimate of drug-likeness (QED) is 0.816. The van der Waals surface area contributed by atoms with Gasteiger partial charge < -0.3 is 9.80 Å². The maximum Gasteiger partial charge on any atom is 0.276 e. The summed E-state index contributed by atoms with van der Waals surface area (Å²) in [5.41, 5.74) is 2.26. The number of carbonyl (C=O) groups excluding carboxylic acids is 1. The second-order valence-electron chi connectivity index (χ2n) is 6.19. The van der Waals surface area contributed by atoms with Crippen LogP contribution in [0.25, 0.3) is 0 Å². The second kappa shape index (κ2) is 7.47. The molecule has 0 saturated carbocycles. The minimum Gasteiger partial charge on any atom is -0.361 e. The van der Waals surface area contributed by atoms with Crippen LogP contribution >= 0.6 is 0 Å². The summed E-state index contributed by atoms with van der Waals surface area (Å²) in [4.78, 5) is 21.0. The monoisotopic (exact) mass is 329 g/mol. The Labute approximate surface area is 144 Å². The molecule has 0 aromatic carbocycles. The molecule has 0 N–H and O–H groups in total. The lowest BCUT2D eigenvalue weighted by Crippen LogP contribution is -2.31. The zero-order valence-corrected chi connectivity index (χ0v) is 15.4. The fourth-order valence-corrected chi connectivity index (χ4v) is 2.87. The van der Waals surface area contributed by atoms with Gasteiger partial charge in [0.1, 0.15) is 5.69 Å². The van der Waals surface area contributed by atoms with E-state index < -0.39 is 0 Å². The number of pyridine rings is 1. The first-order chi connectivity index (χ1) is 11.4. The molecule has 0 saturated heterocycles. The summed E-state index contributed by atoms with van der Waals surface area (Å²) < 4.78 is 1.87. The number of hydrogen-bond donors (Lipinski definition) is 0. The van der Waals surface area contributed by atoms with E-state index in [0.717, 1.165) is 30.0 Å². The smallest absolute Gasteiger partial charge is 0.276 e. The average molecular weight is 329 g/mol. The van der Waals surface area contributed by atoms with E-state index in [9.17, 15) is 4.79 Å². The molecule has 2 rings (SSSR count). The predicted octanol–water partition coefficient (Wildman–Crippen LogP) is 3.29. The Bertz CT molecular complexity index is 703. The van der Waals surface area contributed by atoms with Crippen LogP contribution in [0, 0.1) is 6.92 Å². The van der Waals surface area contributed by atoms with Crippen molar-refractivity contribution in [3.05, 3.63) is 35.8 Å². The van der Waals surface area contributed by atoms with Crippen molar-refractivity contribution >= 4 is 17.4 Å². The molecule has 1 amide bonds. The average Bonchev–Trinajstić information content (AvgIpc) is 2.96. The Balaban J connectivity index is 2.43. The zero-order chi connectivity index (χ0) is 17.9. The van der Waals surface area contributed by atoms with Crippen LogP contribution in [0.3, 0.4) is 0 Å². The van der Waals surface area contributed by atoms with E-state index in [0.29, 0.717) is 5.69 Å². The third-order valence-electron chi connectivity index (χ3n) is 4.22. The molecule has 0 spiro atoms. The minimum atomic E-state index is -0.0707. The normalized spacial score (nSPS) is 11.0. The molecule has 6 nitrogen and oxygen atoms in total. The molecule has 0 aliphatic carbocycles. The molecule has 0 bridgehead atoms. The highest BCUT2D eigenvalue weighted by atomic mass is 16.2. The van der Waals surface area contributed by atoms with Crippen molar-refractivity contribution in [2.24, 2.45) is 0 Å². The Morgan fingerprint density at radius 3 is 2.50 bits per heavy atom. The highest BCUT2D eigenvalue weighted by Gasteiger charge is 2.24. The second-order valence-corrected chi connectivity index (χ2v) is 6.19. The molecule has 6 heteroatoms. The molecule has 0 radical (unpaired) electrons. The van der Waals surface area contributed by atoms with E-state index in [1.165, 1.54) is 0 Å². The van der Waals surface area contributed by atoms with Crippen molar-refractivity contribution in [1.29, 1.82) is 0 Å². The third kappa shape index (κ3) is 3.42. The predicted molar refractivity (Wildman–Crippen MR) is 97.9 cm³/mol. The lowest BCUT2D eigenvalue weighted by molar-refractivity contribution is 0.0979. The van der Waals surface area contributed by atoms with Gasteiger partial charge in [0.2, 0.25) is 0 Å². The van der Waals surface area contributed by atoms with Gasteiger partial charge in [0.05, 0.1) is 17.4 Å². The van der Waals surface area contributed by atoms with Crippen molar-refractivity contribution in [1.82, 2.24) is 14.8 Å². The van der Waals surface area contributed by atoms with E-state index >= 15 is 0 Å². The molecule has 2 aromatic heterocycles. The molecule has 130 valence electrons. The van der Waals surface area contributed by atoms with E-state index in [-0.39, 0.29) is 11.9 Å². The highest BCUT2D eigenvalue weighted by molar-refractivity contribution is 6.06. The number of aryl methyl sites for hydroxylation is 1. The Morgan fingerprint density at radius 2 is 1.92 bits per heavy atom. The maximum atomic E-state index is 13.1.